The maximum absolute atomic E-state index is 12.6. The first-order chi connectivity index (χ1) is 12.8. The molecule has 1 amide bonds. The quantitative estimate of drug-likeness (QED) is 0.385. The Morgan fingerprint density at radius 1 is 1.19 bits per heavy atom. The zero-order valence-electron chi connectivity index (χ0n) is 15.7. The van der Waals surface area contributed by atoms with Gasteiger partial charge in [-0.3, -0.25) is 14.5 Å². The van der Waals surface area contributed by atoms with Crippen molar-refractivity contribution < 1.29 is 28.5 Å². The third-order valence-electron chi connectivity index (χ3n) is 3.51. The zero-order valence-corrected chi connectivity index (χ0v) is 17.4. The van der Waals surface area contributed by atoms with E-state index in [0.717, 1.165) is 11.8 Å². The minimum atomic E-state index is -0.504. The lowest BCUT2D eigenvalue weighted by molar-refractivity contribution is -0.149. The standard InChI is InChI=1S/C18H21NO6S2/c1-10(2)25-15(20)9-19-17(21)14(27-18(19)26)8-11-6-12(22-3)16(24-5)13(7-11)23-4/h6-8,10H,9H2,1-5H3. The number of rotatable bonds is 7. The fourth-order valence-corrected chi connectivity index (χ4v) is 3.66. The van der Waals surface area contributed by atoms with Gasteiger partial charge in [0.15, 0.2) is 11.5 Å². The topological polar surface area (TPSA) is 74.3 Å². The Bertz CT molecular complexity index is 765. The van der Waals surface area contributed by atoms with E-state index in [0.29, 0.717) is 32.0 Å². The SMILES string of the molecule is COc1cc(C=C2SC(=S)N(CC(=O)OC(C)C)C2=O)cc(OC)c1OC. The average molecular weight is 412 g/mol. The predicted octanol–water partition coefficient (Wildman–Crippen LogP) is 2.87. The summed E-state index contributed by atoms with van der Waals surface area (Å²) < 4.78 is 21.3. The second-order valence-corrected chi connectivity index (χ2v) is 7.44. The van der Waals surface area contributed by atoms with Gasteiger partial charge in [0.2, 0.25) is 5.75 Å². The summed E-state index contributed by atoms with van der Waals surface area (Å²) in [6.07, 6.45) is 1.41. The molecule has 0 saturated carbocycles. The molecule has 0 N–H and O–H groups in total. The van der Waals surface area contributed by atoms with Crippen molar-refractivity contribution in [2.45, 2.75) is 20.0 Å². The van der Waals surface area contributed by atoms with Crippen LogP contribution in [0.2, 0.25) is 0 Å². The molecule has 1 fully saturated rings. The number of thioether (sulfide) groups is 1. The molecule has 0 aliphatic carbocycles. The molecule has 0 unspecified atom stereocenters. The van der Waals surface area contributed by atoms with Crippen LogP contribution in [0.1, 0.15) is 19.4 Å². The number of nitrogens with zero attached hydrogens (tertiary/aromatic N) is 1. The molecule has 1 aliphatic rings. The van der Waals surface area contributed by atoms with Crippen molar-refractivity contribution in [2.75, 3.05) is 27.9 Å². The summed E-state index contributed by atoms with van der Waals surface area (Å²) in [6, 6.07) is 3.45. The van der Waals surface area contributed by atoms with Crippen LogP contribution in [-0.4, -0.2) is 55.1 Å². The molecule has 2 rings (SSSR count). The molecule has 0 spiro atoms. The molecular formula is C18H21NO6S2. The molecule has 0 bridgehead atoms. The average Bonchev–Trinajstić information content (AvgIpc) is 2.87. The maximum Gasteiger partial charge on any atom is 0.326 e. The van der Waals surface area contributed by atoms with Gasteiger partial charge in [0.1, 0.15) is 10.9 Å². The number of ether oxygens (including phenoxy) is 4. The van der Waals surface area contributed by atoms with Crippen molar-refractivity contribution in [3.8, 4) is 17.2 Å². The van der Waals surface area contributed by atoms with Gasteiger partial charge in [-0.25, -0.2) is 0 Å². The Morgan fingerprint density at radius 2 is 1.78 bits per heavy atom. The number of hydrogen-bond donors (Lipinski definition) is 0. The molecule has 7 nitrogen and oxygen atoms in total. The van der Waals surface area contributed by atoms with Crippen LogP contribution in [0.15, 0.2) is 17.0 Å². The van der Waals surface area contributed by atoms with E-state index in [9.17, 15) is 9.59 Å². The summed E-state index contributed by atoms with van der Waals surface area (Å²) in [6.45, 7) is 3.27. The second kappa shape index (κ2) is 9.09. The normalized spacial score (nSPS) is 15.5. The number of amides is 1. The van der Waals surface area contributed by atoms with Gasteiger partial charge in [0.05, 0.1) is 32.3 Å². The van der Waals surface area contributed by atoms with Crippen LogP contribution in [0, 0.1) is 0 Å². The van der Waals surface area contributed by atoms with E-state index in [-0.39, 0.29) is 18.6 Å². The maximum atomic E-state index is 12.6. The van der Waals surface area contributed by atoms with Crippen LogP contribution in [0.3, 0.4) is 0 Å². The minimum absolute atomic E-state index is 0.213. The van der Waals surface area contributed by atoms with Crippen molar-refractivity contribution in [2.24, 2.45) is 0 Å². The first kappa shape index (κ1) is 21.0. The molecule has 0 aromatic heterocycles. The van der Waals surface area contributed by atoms with E-state index in [1.807, 2.05) is 0 Å². The van der Waals surface area contributed by atoms with E-state index >= 15 is 0 Å². The molecular weight excluding hydrogens is 390 g/mol. The third-order valence-corrected chi connectivity index (χ3v) is 4.89. The van der Waals surface area contributed by atoms with Gasteiger partial charge in [-0.05, 0) is 37.6 Å². The van der Waals surface area contributed by atoms with Crippen molar-refractivity contribution in [3.05, 3.63) is 22.6 Å². The molecule has 1 saturated heterocycles. The lowest BCUT2D eigenvalue weighted by atomic mass is 10.1. The fraction of sp³-hybridized carbons (Fsp3) is 0.389. The van der Waals surface area contributed by atoms with Crippen molar-refractivity contribution >= 4 is 46.3 Å². The Kier molecular flexibility index (Phi) is 7.09. The number of methoxy groups -OCH3 is 3. The molecule has 1 aromatic carbocycles. The summed E-state index contributed by atoms with van der Waals surface area (Å²) in [5, 5.41) is 0. The van der Waals surface area contributed by atoms with Crippen LogP contribution in [0.5, 0.6) is 17.2 Å². The number of thiocarbonyl (C=S) groups is 1. The summed E-state index contributed by atoms with van der Waals surface area (Å²) in [7, 11) is 4.54. The van der Waals surface area contributed by atoms with Crippen LogP contribution < -0.4 is 14.2 Å². The largest absolute Gasteiger partial charge is 0.493 e. The molecule has 1 heterocycles. The molecule has 1 aromatic rings. The van der Waals surface area contributed by atoms with Gasteiger partial charge in [0, 0.05) is 0 Å². The van der Waals surface area contributed by atoms with Crippen molar-refractivity contribution in [3.63, 3.8) is 0 Å². The number of esters is 1. The molecule has 9 heteroatoms. The molecule has 0 atom stereocenters. The van der Waals surface area contributed by atoms with Gasteiger partial charge >= 0.3 is 5.97 Å². The third kappa shape index (κ3) is 4.92. The Hall–Kier alpha value is -2.26. The summed E-state index contributed by atoms with van der Waals surface area (Å²) in [5.41, 5.74) is 0.676. The second-order valence-electron chi connectivity index (χ2n) is 5.77. The van der Waals surface area contributed by atoms with E-state index < -0.39 is 5.97 Å². The summed E-state index contributed by atoms with van der Waals surface area (Å²) >= 11 is 6.35. The molecule has 146 valence electrons. The van der Waals surface area contributed by atoms with E-state index in [2.05, 4.69) is 0 Å². The number of carbonyl (C=O) groups is 2. The van der Waals surface area contributed by atoms with E-state index in [1.54, 1.807) is 32.1 Å². The van der Waals surface area contributed by atoms with Gasteiger partial charge in [-0.15, -0.1) is 0 Å². The molecule has 0 radical (unpaired) electrons. The lowest BCUT2D eigenvalue weighted by Crippen LogP contribution is -2.35. The van der Waals surface area contributed by atoms with Gasteiger partial charge in [-0.2, -0.15) is 0 Å². The predicted molar refractivity (Wildman–Crippen MR) is 107 cm³/mol. The molecule has 1 aliphatic heterocycles. The first-order valence-electron chi connectivity index (χ1n) is 8.05. The highest BCUT2D eigenvalue weighted by molar-refractivity contribution is 8.26. The Morgan fingerprint density at radius 3 is 2.26 bits per heavy atom. The number of carbonyl (C=O) groups excluding carboxylic acids is 2. The van der Waals surface area contributed by atoms with Gasteiger partial charge < -0.3 is 18.9 Å². The summed E-state index contributed by atoms with van der Waals surface area (Å²) in [4.78, 5) is 26.1. The van der Waals surface area contributed by atoms with Crippen molar-refractivity contribution in [1.82, 2.24) is 4.90 Å². The molecule has 27 heavy (non-hydrogen) atoms. The van der Waals surface area contributed by atoms with Crippen LogP contribution >= 0.6 is 24.0 Å². The lowest BCUT2D eigenvalue weighted by Gasteiger charge is -2.15. The van der Waals surface area contributed by atoms with Crippen LogP contribution in [-0.2, 0) is 14.3 Å². The first-order valence-corrected chi connectivity index (χ1v) is 9.28. The van der Waals surface area contributed by atoms with Gasteiger partial charge in [-0.1, -0.05) is 24.0 Å². The highest BCUT2D eigenvalue weighted by Crippen LogP contribution is 2.40. The number of hydrogen-bond acceptors (Lipinski definition) is 8. The Labute approximate surface area is 167 Å². The smallest absolute Gasteiger partial charge is 0.326 e. The summed E-state index contributed by atoms with van der Waals surface area (Å²) in [5.74, 6) is 0.550. The highest BCUT2D eigenvalue weighted by Gasteiger charge is 2.34. The zero-order chi connectivity index (χ0) is 20.1. The van der Waals surface area contributed by atoms with Crippen molar-refractivity contribution in [1.29, 1.82) is 0 Å². The highest BCUT2D eigenvalue weighted by atomic mass is 32.2. The fourth-order valence-electron chi connectivity index (χ4n) is 2.40. The number of benzene rings is 1. The van der Waals surface area contributed by atoms with Crippen LogP contribution in [0.25, 0.3) is 6.08 Å². The van der Waals surface area contributed by atoms with E-state index in [4.69, 9.17) is 31.2 Å². The van der Waals surface area contributed by atoms with Gasteiger partial charge in [0.25, 0.3) is 5.91 Å². The van der Waals surface area contributed by atoms with E-state index in [1.165, 1.54) is 26.2 Å². The Balaban J connectivity index is 2.28. The van der Waals surface area contributed by atoms with Crippen LogP contribution in [0.4, 0.5) is 0 Å². The monoisotopic (exact) mass is 411 g/mol. The minimum Gasteiger partial charge on any atom is -0.493 e.